The molecule has 0 aliphatic carbocycles. The standard InChI is InChI=1S/C15H17NO2/c1-2-18-15(17)14-10-6-9-13(11-16-14)12-7-4-3-5-8-12/h3-5,7-8,11H,2,6,9-10H2,1H3. The minimum atomic E-state index is -0.289. The van der Waals surface area contributed by atoms with Crippen molar-refractivity contribution in [3.8, 4) is 0 Å². The topological polar surface area (TPSA) is 38.7 Å². The number of carbonyl (C=O) groups is 1. The van der Waals surface area contributed by atoms with Gasteiger partial charge in [-0.15, -0.1) is 0 Å². The van der Waals surface area contributed by atoms with E-state index in [0.29, 0.717) is 18.7 Å². The van der Waals surface area contributed by atoms with Crippen molar-refractivity contribution >= 4 is 17.3 Å². The number of allylic oxidation sites excluding steroid dienone is 1. The maximum atomic E-state index is 11.6. The molecule has 0 saturated heterocycles. The highest BCUT2D eigenvalue weighted by Crippen LogP contribution is 2.23. The molecule has 94 valence electrons. The molecule has 0 spiro atoms. The number of ether oxygens (including phenoxy) is 1. The maximum Gasteiger partial charge on any atom is 0.352 e. The van der Waals surface area contributed by atoms with Gasteiger partial charge in [-0.2, -0.15) is 0 Å². The van der Waals surface area contributed by atoms with E-state index in [1.54, 1.807) is 13.1 Å². The summed E-state index contributed by atoms with van der Waals surface area (Å²) in [5.41, 5.74) is 2.88. The van der Waals surface area contributed by atoms with Crippen LogP contribution in [0.4, 0.5) is 0 Å². The van der Waals surface area contributed by atoms with Gasteiger partial charge in [0.25, 0.3) is 0 Å². The Kier molecular flexibility index (Phi) is 4.29. The largest absolute Gasteiger partial charge is 0.462 e. The zero-order valence-electron chi connectivity index (χ0n) is 10.6. The van der Waals surface area contributed by atoms with Crippen molar-refractivity contribution in [2.45, 2.75) is 26.2 Å². The van der Waals surface area contributed by atoms with E-state index in [1.165, 1.54) is 11.1 Å². The second kappa shape index (κ2) is 6.15. The maximum absolute atomic E-state index is 11.6. The molecule has 0 unspecified atom stereocenters. The van der Waals surface area contributed by atoms with Crippen molar-refractivity contribution in [1.29, 1.82) is 0 Å². The summed E-state index contributed by atoms with van der Waals surface area (Å²) in [6.45, 7) is 2.20. The fourth-order valence-corrected chi connectivity index (χ4v) is 1.97. The van der Waals surface area contributed by atoms with E-state index in [0.717, 1.165) is 12.8 Å². The minimum Gasteiger partial charge on any atom is -0.462 e. The van der Waals surface area contributed by atoms with E-state index < -0.39 is 0 Å². The molecule has 1 aromatic rings. The van der Waals surface area contributed by atoms with Crippen LogP contribution in [0.5, 0.6) is 0 Å². The molecule has 0 atom stereocenters. The lowest BCUT2D eigenvalue weighted by Gasteiger charge is -2.03. The quantitative estimate of drug-likeness (QED) is 0.764. The van der Waals surface area contributed by atoms with Gasteiger partial charge in [-0.1, -0.05) is 30.3 Å². The van der Waals surface area contributed by atoms with E-state index in [-0.39, 0.29) is 5.97 Å². The summed E-state index contributed by atoms with van der Waals surface area (Å²) in [6, 6.07) is 10.1. The average Bonchev–Trinajstić information content (AvgIpc) is 2.66. The molecule has 3 heteroatoms. The number of esters is 1. The first kappa shape index (κ1) is 12.6. The lowest BCUT2D eigenvalue weighted by molar-refractivity contribution is -0.135. The first-order chi connectivity index (χ1) is 8.81. The normalized spacial score (nSPS) is 15.4. The summed E-state index contributed by atoms with van der Waals surface area (Å²) < 4.78 is 4.98. The van der Waals surface area contributed by atoms with Gasteiger partial charge in [0.15, 0.2) is 0 Å². The summed E-state index contributed by atoms with van der Waals surface area (Å²) in [7, 11) is 0. The van der Waals surface area contributed by atoms with Crippen LogP contribution in [0.25, 0.3) is 5.57 Å². The van der Waals surface area contributed by atoms with E-state index >= 15 is 0 Å². The highest BCUT2D eigenvalue weighted by molar-refractivity contribution is 6.36. The van der Waals surface area contributed by atoms with Crippen LogP contribution in [-0.2, 0) is 9.53 Å². The Bertz CT molecular complexity index is 475. The van der Waals surface area contributed by atoms with Crippen molar-refractivity contribution < 1.29 is 9.53 Å². The van der Waals surface area contributed by atoms with Crippen LogP contribution in [-0.4, -0.2) is 18.3 Å². The molecule has 0 radical (unpaired) electrons. The summed E-state index contributed by atoms with van der Waals surface area (Å²) in [5, 5.41) is 0. The number of rotatable bonds is 3. The lowest BCUT2D eigenvalue weighted by atomic mass is 10.0. The Morgan fingerprint density at radius 1 is 1.28 bits per heavy atom. The smallest absolute Gasteiger partial charge is 0.352 e. The van der Waals surface area contributed by atoms with Gasteiger partial charge in [0, 0.05) is 6.20 Å². The second-order valence-electron chi connectivity index (χ2n) is 4.17. The Labute approximate surface area is 107 Å². The summed E-state index contributed by atoms with van der Waals surface area (Å²) >= 11 is 0. The third-order valence-corrected chi connectivity index (χ3v) is 2.89. The molecule has 2 rings (SSSR count). The summed E-state index contributed by atoms with van der Waals surface area (Å²) in [6.07, 6.45) is 4.36. The van der Waals surface area contributed by atoms with Crippen LogP contribution in [0.2, 0.25) is 0 Å². The van der Waals surface area contributed by atoms with Crippen molar-refractivity contribution in [2.75, 3.05) is 6.61 Å². The molecule has 1 aliphatic heterocycles. The molecular formula is C15H17NO2. The van der Waals surface area contributed by atoms with Gasteiger partial charge in [-0.05, 0) is 37.3 Å². The number of aliphatic imine (C=N–C) groups is 1. The van der Waals surface area contributed by atoms with E-state index in [4.69, 9.17) is 4.74 Å². The van der Waals surface area contributed by atoms with Crippen LogP contribution >= 0.6 is 0 Å². The zero-order chi connectivity index (χ0) is 12.8. The molecule has 0 saturated carbocycles. The first-order valence-electron chi connectivity index (χ1n) is 6.29. The Balaban J connectivity index is 2.18. The van der Waals surface area contributed by atoms with Gasteiger partial charge in [0.05, 0.1) is 6.61 Å². The lowest BCUT2D eigenvalue weighted by Crippen LogP contribution is -2.16. The second-order valence-corrected chi connectivity index (χ2v) is 4.17. The molecule has 18 heavy (non-hydrogen) atoms. The molecule has 1 aliphatic rings. The van der Waals surface area contributed by atoms with E-state index in [9.17, 15) is 4.79 Å². The number of hydrogen-bond acceptors (Lipinski definition) is 3. The van der Waals surface area contributed by atoms with Crippen LogP contribution in [0, 0.1) is 0 Å². The van der Waals surface area contributed by atoms with Gasteiger partial charge in [0.1, 0.15) is 5.71 Å². The number of benzene rings is 1. The highest BCUT2D eigenvalue weighted by Gasteiger charge is 2.15. The first-order valence-corrected chi connectivity index (χ1v) is 6.29. The van der Waals surface area contributed by atoms with Crippen molar-refractivity contribution in [2.24, 2.45) is 4.99 Å². The van der Waals surface area contributed by atoms with Gasteiger partial charge in [0.2, 0.25) is 0 Å². The summed E-state index contributed by atoms with van der Waals surface area (Å²) in [5.74, 6) is -0.289. The molecule has 1 aromatic carbocycles. The predicted octanol–water partition coefficient (Wildman–Crippen LogP) is 3.22. The fraction of sp³-hybridized carbons (Fsp3) is 0.333. The molecule has 0 aromatic heterocycles. The van der Waals surface area contributed by atoms with E-state index in [1.807, 2.05) is 18.2 Å². The highest BCUT2D eigenvalue weighted by atomic mass is 16.5. The molecule has 0 amide bonds. The molecule has 1 heterocycles. The number of carbonyl (C=O) groups excluding carboxylic acids is 1. The molecule has 0 N–H and O–H groups in total. The van der Waals surface area contributed by atoms with Gasteiger partial charge >= 0.3 is 5.97 Å². The Morgan fingerprint density at radius 2 is 2.06 bits per heavy atom. The molecule has 0 fully saturated rings. The fourth-order valence-electron chi connectivity index (χ4n) is 1.97. The SMILES string of the molecule is CCOC(=O)C1=NC=C(c2ccccc2)CCC1. The Morgan fingerprint density at radius 3 is 2.78 bits per heavy atom. The molecule has 3 nitrogen and oxygen atoms in total. The minimum absolute atomic E-state index is 0.289. The summed E-state index contributed by atoms with van der Waals surface area (Å²) in [4.78, 5) is 15.9. The number of nitrogens with zero attached hydrogens (tertiary/aromatic N) is 1. The van der Waals surface area contributed by atoms with Crippen molar-refractivity contribution in [1.82, 2.24) is 0 Å². The molecular weight excluding hydrogens is 226 g/mol. The zero-order valence-corrected chi connectivity index (χ0v) is 10.6. The van der Waals surface area contributed by atoms with Crippen molar-refractivity contribution in [3.63, 3.8) is 0 Å². The number of hydrogen-bond donors (Lipinski definition) is 0. The van der Waals surface area contributed by atoms with Gasteiger partial charge in [-0.25, -0.2) is 4.79 Å². The van der Waals surface area contributed by atoms with Crippen LogP contribution in [0.15, 0.2) is 41.5 Å². The van der Waals surface area contributed by atoms with Gasteiger partial charge < -0.3 is 4.74 Å². The van der Waals surface area contributed by atoms with Crippen LogP contribution < -0.4 is 0 Å². The third kappa shape index (κ3) is 3.06. The van der Waals surface area contributed by atoms with Crippen LogP contribution in [0.1, 0.15) is 31.7 Å². The van der Waals surface area contributed by atoms with E-state index in [2.05, 4.69) is 17.1 Å². The third-order valence-electron chi connectivity index (χ3n) is 2.89. The molecule has 0 bridgehead atoms. The predicted molar refractivity (Wildman–Crippen MR) is 72.3 cm³/mol. The van der Waals surface area contributed by atoms with Crippen molar-refractivity contribution in [3.05, 3.63) is 42.1 Å². The van der Waals surface area contributed by atoms with Gasteiger partial charge in [-0.3, -0.25) is 4.99 Å². The van der Waals surface area contributed by atoms with Crippen LogP contribution in [0.3, 0.4) is 0 Å². The monoisotopic (exact) mass is 243 g/mol. The average molecular weight is 243 g/mol. The Hall–Kier alpha value is -1.90.